The highest BCUT2D eigenvalue weighted by molar-refractivity contribution is 7.25. The number of fused-ring (bicyclic) bond motifs is 6. The number of allylic oxidation sites excluding steroid dienone is 2. The third-order valence-corrected chi connectivity index (χ3v) is 10.9. The van der Waals surface area contributed by atoms with Crippen molar-refractivity contribution in [1.29, 1.82) is 0 Å². The highest BCUT2D eigenvalue weighted by Gasteiger charge is 2.23. The number of aliphatic hydroxyl groups excluding tert-OH is 4. The quantitative estimate of drug-likeness (QED) is 0.0948. The summed E-state index contributed by atoms with van der Waals surface area (Å²) >= 11 is 1.70. The van der Waals surface area contributed by atoms with E-state index in [4.69, 9.17) is 4.98 Å². The van der Waals surface area contributed by atoms with Crippen molar-refractivity contribution in [2.75, 3.05) is 0 Å². The van der Waals surface area contributed by atoms with Crippen LogP contribution in [-0.2, 0) is 0 Å². The number of hydrogen-bond acceptors (Lipinski definition) is 8. The van der Waals surface area contributed by atoms with E-state index >= 15 is 0 Å². The second-order valence-corrected chi connectivity index (χ2v) is 14.3. The number of nitrogens with zero attached hydrogens (tertiary/aromatic N) is 4. The molecule has 0 atom stereocenters. The Morgan fingerprint density at radius 3 is 1.89 bits per heavy atom. The third kappa shape index (κ3) is 5.74. The number of thiophene rings is 1. The molecule has 3 aromatic heterocycles. The Balaban J connectivity index is 1.24. The fourth-order valence-corrected chi connectivity index (χ4v) is 8.29. The van der Waals surface area contributed by atoms with E-state index in [2.05, 4.69) is 106 Å². The predicted molar refractivity (Wildman–Crippen MR) is 223 cm³/mol. The molecule has 9 aromatic rings. The van der Waals surface area contributed by atoms with Crippen molar-refractivity contribution in [3.05, 3.63) is 175 Å². The average Bonchev–Trinajstić information content (AvgIpc) is 3.76. The molecule has 9 rings (SSSR count). The van der Waals surface area contributed by atoms with Crippen molar-refractivity contribution in [3.63, 3.8) is 0 Å². The van der Waals surface area contributed by atoms with Crippen LogP contribution in [0.15, 0.2) is 169 Å². The summed E-state index contributed by atoms with van der Waals surface area (Å²) in [5.41, 5.74) is 6.68. The maximum atomic E-state index is 10.9. The molecule has 8 nitrogen and oxygen atoms in total. The fraction of sp³-hybridized carbons (Fsp3) is 0.0217. The van der Waals surface area contributed by atoms with Gasteiger partial charge in [0.05, 0.1) is 11.0 Å². The number of hydrogen-bond donors (Lipinski definition) is 4. The van der Waals surface area contributed by atoms with Crippen molar-refractivity contribution in [2.24, 2.45) is 0 Å². The van der Waals surface area contributed by atoms with Crippen LogP contribution < -0.4 is 0 Å². The average molecular weight is 737 g/mol. The summed E-state index contributed by atoms with van der Waals surface area (Å²) in [6.45, 7) is 4.61. The maximum Gasteiger partial charge on any atom is 0.200 e. The zero-order chi connectivity index (χ0) is 37.8. The van der Waals surface area contributed by atoms with Gasteiger partial charge in [0.2, 0.25) is 5.76 Å². The molecule has 3 heterocycles. The van der Waals surface area contributed by atoms with Crippen molar-refractivity contribution < 1.29 is 20.4 Å². The lowest BCUT2D eigenvalue weighted by Gasteiger charge is -2.12. The molecule has 0 unspecified atom stereocenters. The number of rotatable bonds is 7. The Labute approximate surface area is 319 Å². The minimum atomic E-state index is -0.909. The molecule has 0 amide bonds. The number of aromatic nitrogens is 4. The largest absolute Gasteiger partial charge is 0.512 e. The summed E-state index contributed by atoms with van der Waals surface area (Å²) in [7, 11) is 0. The Hall–Kier alpha value is -7.23. The van der Waals surface area contributed by atoms with Crippen molar-refractivity contribution in [1.82, 2.24) is 19.5 Å². The van der Waals surface area contributed by atoms with Crippen molar-refractivity contribution >= 4 is 58.9 Å². The summed E-state index contributed by atoms with van der Waals surface area (Å²) in [6, 6.07) is 47.3. The van der Waals surface area contributed by atoms with E-state index in [-0.39, 0.29) is 28.8 Å². The summed E-state index contributed by atoms with van der Waals surface area (Å²) in [6.07, 6.45) is 0. The minimum absolute atomic E-state index is 0.104. The molecule has 0 aliphatic heterocycles. The molecule has 0 spiro atoms. The topological polar surface area (TPSA) is 125 Å². The van der Waals surface area contributed by atoms with Gasteiger partial charge in [0, 0.05) is 47.8 Å². The summed E-state index contributed by atoms with van der Waals surface area (Å²) in [5.74, 6) is -2.42. The van der Waals surface area contributed by atoms with Gasteiger partial charge in [-0.15, -0.1) is 11.3 Å². The van der Waals surface area contributed by atoms with E-state index in [1.165, 1.54) is 28.8 Å². The first-order chi connectivity index (χ1) is 26.8. The van der Waals surface area contributed by atoms with E-state index < -0.39 is 17.3 Å². The first kappa shape index (κ1) is 33.6. The Bertz CT molecular complexity index is 3050. The van der Waals surface area contributed by atoms with Crippen LogP contribution in [0.1, 0.15) is 12.7 Å². The van der Waals surface area contributed by atoms with E-state index in [1.807, 2.05) is 54.6 Å². The van der Waals surface area contributed by atoms with Gasteiger partial charge in [0.15, 0.2) is 29.0 Å². The molecule has 9 heteroatoms. The minimum Gasteiger partial charge on any atom is -0.512 e. The highest BCUT2D eigenvalue weighted by Crippen LogP contribution is 2.41. The zero-order valence-electron chi connectivity index (χ0n) is 29.5. The number of aliphatic hydroxyl groups is 4. The maximum absolute atomic E-state index is 10.9. The second-order valence-electron chi connectivity index (χ2n) is 13.2. The zero-order valence-corrected chi connectivity index (χ0v) is 30.3. The van der Waals surface area contributed by atoms with Crippen LogP contribution >= 0.6 is 11.3 Å². The third-order valence-electron chi connectivity index (χ3n) is 9.74. The second kappa shape index (κ2) is 13.3. The lowest BCUT2D eigenvalue weighted by Crippen LogP contribution is -2.07. The van der Waals surface area contributed by atoms with Gasteiger partial charge in [-0.05, 0) is 66.6 Å². The molecule has 0 aliphatic rings. The molecule has 0 saturated heterocycles. The normalized spacial score (nSPS) is 12.7. The van der Waals surface area contributed by atoms with Gasteiger partial charge in [0.25, 0.3) is 0 Å². The fourth-order valence-electron chi connectivity index (χ4n) is 7.23. The molecule has 0 fully saturated rings. The first-order valence-corrected chi connectivity index (χ1v) is 18.4. The van der Waals surface area contributed by atoms with E-state index in [9.17, 15) is 20.4 Å². The van der Waals surface area contributed by atoms with Crippen LogP contribution in [0.25, 0.3) is 87.1 Å². The molecular weight excluding hydrogens is 705 g/mol. The lowest BCUT2D eigenvalue weighted by atomic mass is 9.99. The lowest BCUT2D eigenvalue weighted by molar-refractivity contribution is 0.293. The van der Waals surface area contributed by atoms with Gasteiger partial charge in [-0.25, -0.2) is 15.0 Å². The Kier molecular flexibility index (Phi) is 8.14. The smallest absolute Gasteiger partial charge is 0.200 e. The Morgan fingerprint density at radius 2 is 1.18 bits per heavy atom. The summed E-state index contributed by atoms with van der Waals surface area (Å²) in [5, 5.41) is 46.3. The molecule has 0 bridgehead atoms. The molecular formula is C46H32N4O4S. The number of para-hydroxylation sites is 1. The number of benzene rings is 6. The van der Waals surface area contributed by atoms with Gasteiger partial charge >= 0.3 is 0 Å². The van der Waals surface area contributed by atoms with E-state index in [1.54, 1.807) is 11.3 Å². The molecule has 4 N–H and O–H groups in total. The van der Waals surface area contributed by atoms with Gasteiger partial charge in [-0.2, -0.15) is 0 Å². The SMILES string of the molecule is C=C(O)/C(O)=C(O)\C(=C(/C)O)c1nc(-c2ccccc2)nc(-c2ccc3sc4ccc(-n5c6ccccc6c6c(-c7ccccc7)cccc65)cc4c3c2)n1. The monoisotopic (exact) mass is 736 g/mol. The molecule has 6 aromatic carbocycles. The molecule has 0 saturated carbocycles. The van der Waals surface area contributed by atoms with Crippen LogP contribution in [0.4, 0.5) is 0 Å². The predicted octanol–water partition coefficient (Wildman–Crippen LogP) is 12.0. The van der Waals surface area contributed by atoms with Crippen molar-refractivity contribution in [3.8, 4) is 39.6 Å². The standard InChI is InChI=1S/C46H32N4O4S/c1-26(51)40(43(54)42(53)27(2)52)46-48-44(29-14-7-4-8-15-29)47-45(49-46)30-20-22-38-34(24-30)35-25-31(21-23-39(35)55-38)50-36-18-10-9-16-33(36)41-32(17-11-19-37(41)50)28-12-5-3-6-13-28/h3-25,51-54H,2H2,1H3/b40-26-,43-42-. The molecule has 0 radical (unpaired) electrons. The van der Waals surface area contributed by atoms with Crippen LogP contribution in [-0.4, -0.2) is 39.9 Å². The van der Waals surface area contributed by atoms with Gasteiger partial charge in [-0.1, -0.05) is 97.6 Å². The highest BCUT2D eigenvalue weighted by atomic mass is 32.1. The van der Waals surface area contributed by atoms with Crippen LogP contribution in [0, 0.1) is 0 Å². The van der Waals surface area contributed by atoms with Crippen molar-refractivity contribution in [2.45, 2.75) is 6.92 Å². The Morgan fingerprint density at radius 1 is 0.564 bits per heavy atom. The van der Waals surface area contributed by atoms with Gasteiger partial charge in [-0.3, -0.25) is 0 Å². The molecule has 55 heavy (non-hydrogen) atoms. The summed E-state index contributed by atoms with van der Waals surface area (Å²) < 4.78 is 4.54. The summed E-state index contributed by atoms with van der Waals surface area (Å²) in [4.78, 5) is 14.1. The first-order valence-electron chi connectivity index (χ1n) is 17.5. The molecule has 266 valence electrons. The van der Waals surface area contributed by atoms with Gasteiger partial charge in [0.1, 0.15) is 11.3 Å². The van der Waals surface area contributed by atoms with Gasteiger partial charge < -0.3 is 25.0 Å². The van der Waals surface area contributed by atoms with E-state index in [0.29, 0.717) is 11.1 Å². The van der Waals surface area contributed by atoms with Crippen LogP contribution in [0.5, 0.6) is 0 Å². The van der Waals surface area contributed by atoms with E-state index in [0.717, 1.165) is 36.9 Å². The van der Waals surface area contributed by atoms with Crippen LogP contribution in [0.2, 0.25) is 0 Å². The molecule has 0 aliphatic carbocycles. The van der Waals surface area contributed by atoms with Crippen LogP contribution in [0.3, 0.4) is 0 Å².